The van der Waals surface area contributed by atoms with Crippen LogP contribution in [0.1, 0.15) is 45.1 Å². The molecule has 1 fully saturated rings. The van der Waals surface area contributed by atoms with Crippen LogP contribution in [0.3, 0.4) is 0 Å². The fourth-order valence-corrected chi connectivity index (χ4v) is 5.64. The van der Waals surface area contributed by atoms with Crippen LogP contribution in [0.25, 0.3) is 6.08 Å². The van der Waals surface area contributed by atoms with Gasteiger partial charge in [0.25, 0.3) is 5.56 Å². The molecule has 4 heterocycles. The van der Waals surface area contributed by atoms with Crippen molar-refractivity contribution < 1.29 is 23.4 Å². The first-order valence-electron chi connectivity index (χ1n) is 12.7. The lowest BCUT2D eigenvalue weighted by molar-refractivity contribution is -0.139. The van der Waals surface area contributed by atoms with Gasteiger partial charge in [0, 0.05) is 25.2 Å². The van der Waals surface area contributed by atoms with E-state index in [9.17, 15) is 9.59 Å². The minimum atomic E-state index is -0.680. The summed E-state index contributed by atoms with van der Waals surface area (Å²) >= 11 is 1.27. The molecular formula is C28H31N3O6S. The smallest absolute Gasteiger partial charge is 0.338 e. The average Bonchev–Trinajstić information content (AvgIpc) is 3.48. The van der Waals surface area contributed by atoms with Gasteiger partial charge in [0.1, 0.15) is 11.5 Å². The number of esters is 1. The minimum Gasteiger partial charge on any atom is -0.491 e. The quantitative estimate of drug-likeness (QED) is 0.428. The van der Waals surface area contributed by atoms with Crippen molar-refractivity contribution in [1.29, 1.82) is 0 Å². The molecule has 9 nitrogen and oxygen atoms in total. The molecule has 2 aliphatic rings. The number of fused-ring (bicyclic) bond motifs is 1. The van der Waals surface area contributed by atoms with Crippen LogP contribution in [-0.4, -0.2) is 49.6 Å². The number of rotatable bonds is 7. The fraction of sp³-hybridized carbons (Fsp3) is 0.393. The monoisotopic (exact) mass is 537 g/mol. The number of benzene rings is 1. The molecule has 1 aromatic carbocycles. The SMILES string of the molecule is CCOC(=O)C1=C(C)N=c2s/c(=C\c3ccc(N4CCOCC4)o3)c(=O)n2[C@@H]1c1ccc(OC(C)C)cc1. The Kier molecular flexibility index (Phi) is 7.53. The highest BCUT2D eigenvalue weighted by atomic mass is 32.1. The van der Waals surface area contributed by atoms with Gasteiger partial charge in [0.15, 0.2) is 10.7 Å². The zero-order valence-corrected chi connectivity index (χ0v) is 22.7. The van der Waals surface area contributed by atoms with Gasteiger partial charge in [-0.25, -0.2) is 9.79 Å². The molecule has 0 aliphatic carbocycles. The second-order valence-corrected chi connectivity index (χ2v) is 10.3. The molecule has 38 heavy (non-hydrogen) atoms. The van der Waals surface area contributed by atoms with Gasteiger partial charge in [0.2, 0.25) is 0 Å². The molecule has 2 aliphatic heterocycles. The fourth-order valence-electron chi connectivity index (χ4n) is 4.61. The number of ether oxygens (including phenoxy) is 3. The van der Waals surface area contributed by atoms with Crippen LogP contribution in [0, 0.1) is 0 Å². The average molecular weight is 538 g/mol. The van der Waals surface area contributed by atoms with Gasteiger partial charge in [-0.3, -0.25) is 9.36 Å². The lowest BCUT2D eigenvalue weighted by Gasteiger charge is -2.26. The third-order valence-electron chi connectivity index (χ3n) is 6.29. The number of anilines is 1. The summed E-state index contributed by atoms with van der Waals surface area (Å²) in [5.74, 6) is 1.54. The Labute approximate surface area is 224 Å². The van der Waals surface area contributed by atoms with Crippen molar-refractivity contribution in [3.63, 3.8) is 0 Å². The number of allylic oxidation sites excluding steroid dienone is 1. The highest BCUT2D eigenvalue weighted by Crippen LogP contribution is 2.32. The van der Waals surface area contributed by atoms with E-state index in [-0.39, 0.29) is 18.3 Å². The van der Waals surface area contributed by atoms with E-state index in [0.717, 1.165) is 24.5 Å². The van der Waals surface area contributed by atoms with E-state index in [1.165, 1.54) is 11.3 Å². The highest BCUT2D eigenvalue weighted by Gasteiger charge is 2.33. The second kappa shape index (κ2) is 11.0. The zero-order chi connectivity index (χ0) is 26.8. The zero-order valence-electron chi connectivity index (χ0n) is 21.9. The van der Waals surface area contributed by atoms with Crippen molar-refractivity contribution in [3.05, 3.63) is 78.7 Å². The molecule has 1 atom stereocenters. The molecule has 3 aromatic rings. The van der Waals surface area contributed by atoms with Crippen molar-refractivity contribution >= 4 is 29.3 Å². The first-order valence-corrected chi connectivity index (χ1v) is 13.6. The van der Waals surface area contributed by atoms with Crippen LogP contribution in [0.15, 0.2) is 61.9 Å². The Balaban J connectivity index is 1.58. The van der Waals surface area contributed by atoms with E-state index < -0.39 is 12.0 Å². The van der Waals surface area contributed by atoms with Crippen LogP contribution >= 0.6 is 11.3 Å². The number of carbonyl (C=O) groups is 1. The van der Waals surface area contributed by atoms with Crippen molar-refractivity contribution in [1.82, 2.24) is 4.57 Å². The summed E-state index contributed by atoms with van der Waals surface area (Å²) < 4.78 is 24.6. The number of carbonyl (C=O) groups excluding carboxylic acids is 1. The van der Waals surface area contributed by atoms with E-state index >= 15 is 0 Å². The molecule has 0 bridgehead atoms. The molecule has 5 rings (SSSR count). The molecule has 0 radical (unpaired) electrons. The summed E-state index contributed by atoms with van der Waals surface area (Å²) in [5.41, 5.74) is 1.38. The second-order valence-electron chi connectivity index (χ2n) is 9.31. The van der Waals surface area contributed by atoms with Gasteiger partial charge in [-0.1, -0.05) is 23.5 Å². The van der Waals surface area contributed by atoms with Gasteiger partial charge in [-0.05, 0) is 51.5 Å². The molecule has 0 amide bonds. The summed E-state index contributed by atoms with van der Waals surface area (Å²) in [6.45, 7) is 10.5. The first-order chi connectivity index (χ1) is 18.4. The number of furan rings is 1. The summed E-state index contributed by atoms with van der Waals surface area (Å²) in [6, 6.07) is 10.5. The predicted octanol–water partition coefficient (Wildman–Crippen LogP) is 3.02. The van der Waals surface area contributed by atoms with Gasteiger partial charge >= 0.3 is 5.97 Å². The third-order valence-corrected chi connectivity index (χ3v) is 7.28. The van der Waals surface area contributed by atoms with E-state index in [2.05, 4.69) is 9.89 Å². The molecule has 200 valence electrons. The summed E-state index contributed by atoms with van der Waals surface area (Å²) in [5, 5.41) is 0. The maximum absolute atomic E-state index is 13.8. The molecular weight excluding hydrogens is 506 g/mol. The van der Waals surface area contributed by atoms with Crippen molar-refractivity contribution in [3.8, 4) is 5.75 Å². The van der Waals surface area contributed by atoms with Gasteiger partial charge in [0.05, 0.1) is 47.8 Å². The first kappa shape index (κ1) is 26.0. The number of morpholine rings is 1. The van der Waals surface area contributed by atoms with Gasteiger partial charge in [-0.15, -0.1) is 0 Å². The van der Waals surface area contributed by atoms with E-state index in [1.807, 2.05) is 50.2 Å². The molecule has 1 saturated heterocycles. The molecule has 0 saturated carbocycles. The number of hydrogen-bond acceptors (Lipinski definition) is 9. The number of thiazole rings is 1. The van der Waals surface area contributed by atoms with Crippen LogP contribution in [0.5, 0.6) is 5.75 Å². The Hall–Kier alpha value is -3.63. The highest BCUT2D eigenvalue weighted by molar-refractivity contribution is 7.07. The Morgan fingerprint density at radius 3 is 2.61 bits per heavy atom. The molecule has 0 N–H and O–H groups in total. The molecule has 0 unspecified atom stereocenters. The Bertz CT molecular complexity index is 1520. The van der Waals surface area contributed by atoms with Crippen LogP contribution < -0.4 is 24.5 Å². The van der Waals surface area contributed by atoms with Crippen molar-refractivity contribution in [2.45, 2.75) is 39.8 Å². The topological polar surface area (TPSA) is 95.5 Å². The molecule has 10 heteroatoms. The minimum absolute atomic E-state index is 0.0288. The third kappa shape index (κ3) is 5.19. The van der Waals surface area contributed by atoms with E-state index in [1.54, 1.807) is 24.5 Å². The van der Waals surface area contributed by atoms with Gasteiger partial charge in [-0.2, -0.15) is 0 Å². The van der Waals surface area contributed by atoms with Crippen LogP contribution in [0.4, 0.5) is 5.88 Å². The molecule has 2 aromatic heterocycles. The number of hydrogen-bond donors (Lipinski definition) is 0. The largest absolute Gasteiger partial charge is 0.491 e. The van der Waals surface area contributed by atoms with Crippen molar-refractivity contribution in [2.24, 2.45) is 4.99 Å². The van der Waals surface area contributed by atoms with E-state index in [4.69, 9.17) is 18.6 Å². The Morgan fingerprint density at radius 1 is 1.18 bits per heavy atom. The maximum atomic E-state index is 13.8. The van der Waals surface area contributed by atoms with Crippen LogP contribution in [0.2, 0.25) is 0 Å². The summed E-state index contributed by atoms with van der Waals surface area (Å²) in [6.07, 6.45) is 1.76. The number of nitrogens with zero attached hydrogens (tertiary/aromatic N) is 3. The lowest BCUT2D eigenvalue weighted by Crippen LogP contribution is -2.39. The normalized spacial score (nSPS) is 18.0. The van der Waals surface area contributed by atoms with Gasteiger partial charge < -0.3 is 23.5 Å². The van der Waals surface area contributed by atoms with Crippen molar-refractivity contribution in [2.75, 3.05) is 37.8 Å². The predicted molar refractivity (Wildman–Crippen MR) is 144 cm³/mol. The van der Waals surface area contributed by atoms with Crippen LogP contribution in [-0.2, 0) is 14.3 Å². The molecule has 0 spiro atoms. The lowest BCUT2D eigenvalue weighted by atomic mass is 9.96. The summed E-state index contributed by atoms with van der Waals surface area (Å²) in [7, 11) is 0. The van der Waals surface area contributed by atoms with E-state index in [0.29, 0.717) is 45.3 Å². The summed E-state index contributed by atoms with van der Waals surface area (Å²) in [4.78, 5) is 34.1. The number of aromatic nitrogens is 1. The standard InChI is InChI=1S/C28H31N3O6S/c1-5-35-27(33)24-18(4)29-28-31(25(24)19-6-8-20(9-7-19)36-17(2)3)26(32)22(38-28)16-21-10-11-23(37-21)30-12-14-34-15-13-30/h6-11,16-17,25H,5,12-15H2,1-4H3/b22-16-/t25-/m1/s1. The Morgan fingerprint density at radius 2 is 1.92 bits per heavy atom. The maximum Gasteiger partial charge on any atom is 0.338 e.